The summed E-state index contributed by atoms with van der Waals surface area (Å²) in [5, 5.41) is 0. The summed E-state index contributed by atoms with van der Waals surface area (Å²) < 4.78 is 34.5. The van der Waals surface area contributed by atoms with Gasteiger partial charge in [0, 0.05) is 0 Å². The molecule has 0 bridgehead atoms. The molecule has 0 N–H and O–H groups in total. The maximum absolute atomic E-state index is 15.0. The van der Waals surface area contributed by atoms with Gasteiger partial charge in [-0.1, -0.05) is 24.3 Å². The van der Waals surface area contributed by atoms with Crippen molar-refractivity contribution < 1.29 is 13.5 Å². The fourth-order valence-corrected chi connectivity index (χ4v) is 5.74. The average molecular weight is 425 g/mol. The van der Waals surface area contributed by atoms with Crippen LogP contribution < -0.4 is 4.74 Å². The standard InChI is InChI=1S/C28H34F2O/c1-3-19-5-7-20(8-6-19)21-9-11-22(12-10-21)25-15-13-23(17-26(25)29)24-14-16-28(31-4-2)27(30)18-24/h3,13-22H,1,4-12H2,2H3. The predicted octanol–water partition coefficient (Wildman–Crippen LogP) is 8.30. The molecule has 0 amide bonds. The molecule has 2 aromatic rings. The van der Waals surface area contributed by atoms with Crippen molar-refractivity contribution >= 4 is 0 Å². The normalized spacial score (nSPS) is 26.4. The van der Waals surface area contributed by atoms with Gasteiger partial charge < -0.3 is 4.74 Å². The van der Waals surface area contributed by atoms with E-state index in [9.17, 15) is 4.39 Å². The third-order valence-corrected chi connectivity index (χ3v) is 7.59. The van der Waals surface area contributed by atoms with Gasteiger partial charge in [-0.2, -0.15) is 0 Å². The smallest absolute Gasteiger partial charge is 0.165 e. The maximum atomic E-state index is 15.0. The highest BCUT2D eigenvalue weighted by Gasteiger charge is 2.31. The first kappa shape index (κ1) is 22.0. The molecule has 1 nitrogen and oxygen atoms in total. The molecule has 2 fully saturated rings. The lowest BCUT2D eigenvalue weighted by atomic mass is 9.68. The molecule has 0 spiro atoms. The molecule has 166 valence electrons. The van der Waals surface area contributed by atoms with Crippen LogP contribution in [-0.4, -0.2) is 6.61 Å². The SMILES string of the molecule is C=CC1CCC(C2CCC(c3ccc(-c4ccc(OCC)c(F)c4)cc3F)CC2)CC1. The number of hydrogen-bond acceptors (Lipinski definition) is 1. The van der Waals surface area contributed by atoms with Crippen LogP contribution in [0.25, 0.3) is 11.1 Å². The fraction of sp³-hybridized carbons (Fsp3) is 0.500. The van der Waals surface area contributed by atoms with Gasteiger partial charge in [0.25, 0.3) is 0 Å². The molecular formula is C28H34F2O. The minimum atomic E-state index is -0.413. The zero-order valence-electron chi connectivity index (χ0n) is 18.6. The second-order valence-corrected chi connectivity index (χ2v) is 9.34. The Morgan fingerprint density at radius 1 is 0.839 bits per heavy atom. The number of ether oxygens (including phenoxy) is 1. The van der Waals surface area contributed by atoms with E-state index in [4.69, 9.17) is 4.74 Å². The molecule has 2 aliphatic rings. The van der Waals surface area contributed by atoms with Crippen molar-refractivity contribution in [3.05, 3.63) is 66.3 Å². The van der Waals surface area contributed by atoms with Crippen molar-refractivity contribution in [1.29, 1.82) is 0 Å². The number of allylic oxidation sites excluding steroid dienone is 1. The van der Waals surface area contributed by atoms with E-state index in [2.05, 4.69) is 12.7 Å². The maximum Gasteiger partial charge on any atom is 0.165 e. The van der Waals surface area contributed by atoms with Gasteiger partial charge in [0.05, 0.1) is 6.61 Å². The van der Waals surface area contributed by atoms with Crippen LogP contribution in [0.15, 0.2) is 49.1 Å². The molecule has 2 aliphatic carbocycles. The molecule has 0 unspecified atom stereocenters. The van der Waals surface area contributed by atoms with E-state index < -0.39 is 5.82 Å². The molecule has 31 heavy (non-hydrogen) atoms. The molecule has 0 aromatic heterocycles. The Kier molecular flexibility index (Phi) is 7.09. The van der Waals surface area contributed by atoms with E-state index in [-0.39, 0.29) is 11.6 Å². The quantitative estimate of drug-likeness (QED) is 0.424. The molecule has 0 heterocycles. The van der Waals surface area contributed by atoms with Crippen LogP contribution >= 0.6 is 0 Å². The Bertz CT molecular complexity index is 890. The Morgan fingerprint density at radius 3 is 1.97 bits per heavy atom. The molecule has 0 aliphatic heterocycles. The summed E-state index contributed by atoms with van der Waals surface area (Å²) in [5.74, 6) is 2.31. The van der Waals surface area contributed by atoms with Crippen LogP contribution in [0, 0.1) is 29.4 Å². The fourth-order valence-electron chi connectivity index (χ4n) is 5.74. The highest BCUT2D eigenvalue weighted by molar-refractivity contribution is 5.65. The predicted molar refractivity (Wildman–Crippen MR) is 123 cm³/mol. The molecule has 4 rings (SSSR count). The van der Waals surface area contributed by atoms with Crippen LogP contribution in [0.5, 0.6) is 5.75 Å². The Balaban J connectivity index is 1.39. The largest absolute Gasteiger partial charge is 0.491 e. The van der Waals surface area contributed by atoms with Gasteiger partial charge in [0.2, 0.25) is 0 Å². The number of halogens is 2. The van der Waals surface area contributed by atoms with Crippen molar-refractivity contribution in [3.63, 3.8) is 0 Å². The molecule has 0 atom stereocenters. The van der Waals surface area contributed by atoms with Gasteiger partial charge in [-0.25, -0.2) is 8.78 Å². The summed E-state index contributed by atoms with van der Waals surface area (Å²) in [5.41, 5.74) is 2.20. The van der Waals surface area contributed by atoms with E-state index in [0.29, 0.717) is 29.6 Å². The van der Waals surface area contributed by atoms with Crippen LogP contribution in [-0.2, 0) is 0 Å². The van der Waals surface area contributed by atoms with Gasteiger partial charge in [0.15, 0.2) is 11.6 Å². The van der Waals surface area contributed by atoms with Crippen molar-refractivity contribution in [3.8, 4) is 16.9 Å². The van der Waals surface area contributed by atoms with Gasteiger partial charge in [-0.15, -0.1) is 6.58 Å². The summed E-state index contributed by atoms with van der Waals surface area (Å²) in [4.78, 5) is 0. The van der Waals surface area contributed by atoms with Crippen LogP contribution in [0.2, 0.25) is 0 Å². The van der Waals surface area contributed by atoms with E-state index in [1.54, 1.807) is 18.2 Å². The topological polar surface area (TPSA) is 9.23 Å². The van der Waals surface area contributed by atoms with Crippen molar-refractivity contribution in [2.75, 3.05) is 6.61 Å². The molecular weight excluding hydrogens is 390 g/mol. The Labute approximate surface area is 185 Å². The Hall–Kier alpha value is -2.16. The first-order valence-electron chi connectivity index (χ1n) is 11.9. The molecule has 2 aromatic carbocycles. The second kappa shape index (κ2) is 9.97. The van der Waals surface area contributed by atoms with Gasteiger partial charge in [0.1, 0.15) is 5.82 Å². The zero-order chi connectivity index (χ0) is 21.8. The monoisotopic (exact) mass is 424 g/mol. The lowest BCUT2D eigenvalue weighted by molar-refractivity contribution is 0.171. The summed E-state index contributed by atoms with van der Waals surface area (Å²) in [6, 6.07) is 10.2. The molecule has 0 radical (unpaired) electrons. The third-order valence-electron chi connectivity index (χ3n) is 7.59. The van der Waals surface area contributed by atoms with Crippen LogP contribution in [0.3, 0.4) is 0 Å². The highest BCUT2D eigenvalue weighted by Crippen LogP contribution is 2.44. The number of rotatable bonds is 6. The molecule has 2 saturated carbocycles. The Morgan fingerprint density at radius 2 is 1.42 bits per heavy atom. The van der Waals surface area contributed by atoms with E-state index in [1.165, 1.54) is 44.6 Å². The van der Waals surface area contributed by atoms with E-state index in [0.717, 1.165) is 30.2 Å². The third kappa shape index (κ3) is 5.02. The van der Waals surface area contributed by atoms with Gasteiger partial charge in [-0.05, 0) is 117 Å². The van der Waals surface area contributed by atoms with Crippen LogP contribution in [0.4, 0.5) is 8.78 Å². The second-order valence-electron chi connectivity index (χ2n) is 9.34. The number of benzene rings is 2. The first-order valence-corrected chi connectivity index (χ1v) is 11.9. The zero-order valence-corrected chi connectivity index (χ0v) is 18.6. The summed E-state index contributed by atoms with van der Waals surface area (Å²) in [7, 11) is 0. The first-order chi connectivity index (χ1) is 15.1. The average Bonchev–Trinajstić information content (AvgIpc) is 2.81. The van der Waals surface area contributed by atoms with Crippen molar-refractivity contribution in [2.45, 2.75) is 64.2 Å². The molecule has 3 heteroatoms. The van der Waals surface area contributed by atoms with Gasteiger partial charge >= 0.3 is 0 Å². The summed E-state index contributed by atoms with van der Waals surface area (Å²) in [6.45, 7) is 6.19. The lowest BCUT2D eigenvalue weighted by Crippen LogP contribution is -2.25. The molecule has 0 saturated heterocycles. The van der Waals surface area contributed by atoms with Crippen LogP contribution in [0.1, 0.15) is 69.8 Å². The van der Waals surface area contributed by atoms with Crippen molar-refractivity contribution in [2.24, 2.45) is 17.8 Å². The minimum Gasteiger partial charge on any atom is -0.491 e. The highest BCUT2D eigenvalue weighted by atomic mass is 19.1. The van der Waals surface area contributed by atoms with Gasteiger partial charge in [-0.3, -0.25) is 0 Å². The summed E-state index contributed by atoms with van der Waals surface area (Å²) >= 11 is 0. The minimum absolute atomic E-state index is 0.165. The van der Waals surface area contributed by atoms with E-state index in [1.807, 2.05) is 19.1 Å². The van der Waals surface area contributed by atoms with E-state index >= 15 is 4.39 Å². The van der Waals surface area contributed by atoms with Crippen molar-refractivity contribution in [1.82, 2.24) is 0 Å². The lowest BCUT2D eigenvalue weighted by Gasteiger charge is -2.37. The number of hydrogen-bond donors (Lipinski definition) is 0. The summed E-state index contributed by atoms with van der Waals surface area (Å²) in [6.07, 6.45) is 11.9.